The van der Waals surface area contributed by atoms with E-state index in [1.165, 1.54) is 17.1 Å². The summed E-state index contributed by atoms with van der Waals surface area (Å²) in [6.45, 7) is 6.60. The molecule has 0 unspecified atom stereocenters. The van der Waals surface area contributed by atoms with Crippen molar-refractivity contribution in [1.29, 1.82) is 0 Å². The Morgan fingerprint density at radius 3 is 2.18 bits per heavy atom. The number of hydrogen-bond donors (Lipinski definition) is 2. The minimum atomic E-state index is -0.428. The monoisotopic (exact) mass is 471 g/mol. The maximum atomic E-state index is 11.1. The number of ether oxygens (including phenoxy) is 3. The molecule has 10 nitrogen and oxygen atoms in total. The van der Waals surface area contributed by atoms with E-state index in [4.69, 9.17) is 8.85 Å². The van der Waals surface area contributed by atoms with Gasteiger partial charge in [0.15, 0.2) is 0 Å². The van der Waals surface area contributed by atoms with E-state index in [2.05, 4.69) is 41.4 Å². The van der Waals surface area contributed by atoms with Gasteiger partial charge in [-0.3, -0.25) is 9.59 Å². The SMILES string of the molecule is CCOC(=O)CBr.[2H]CN.[2H]CNCC(=O)OCC.[2H]Cn1cncc1C(=O)OCC. The number of hydrogen-bond acceptors (Lipinski definition) is 9. The van der Waals surface area contributed by atoms with Crippen LogP contribution in [-0.2, 0) is 30.8 Å². The van der Waals surface area contributed by atoms with Crippen LogP contribution >= 0.6 is 15.9 Å². The fraction of sp³-hybridized carbons (Fsp3) is 0.647. The summed E-state index contributed by atoms with van der Waals surface area (Å²) in [5.74, 6) is -0.936. The highest BCUT2D eigenvalue weighted by Gasteiger charge is 2.09. The molecule has 0 spiro atoms. The van der Waals surface area contributed by atoms with Crippen molar-refractivity contribution in [3.63, 3.8) is 0 Å². The van der Waals surface area contributed by atoms with Gasteiger partial charge in [-0.05, 0) is 34.8 Å². The molecule has 1 heterocycles. The molecule has 0 bridgehead atoms. The van der Waals surface area contributed by atoms with Gasteiger partial charge >= 0.3 is 17.9 Å². The van der Waals surface area contributed by atoms with E-state index in [9.17, 15) is 14.4 Å². The van der Waals surface area contributed by atoms with Crippen molar-refractivity contribution in [3.05, 3.63) is 18.2 Å². The molecular weight excluding hydrogens is 436 g/mol. The van der Waals surface area contributed by atoms with Crippen molar-refractivity contribution in [1.82, 2.24) is 14.9 Å². The Hall–Kier alpha value is -1.98. The number of aromatic nitrogens is 2. The third-order valence-electron chi connectivity index (χ3n) is 2.19. The lowest BCUT2D eigenvalue weighted by Gasteiger charge is -2.00. The Labute approximate surface area is 179 Å². The van der Waals surface area contributed by atoms with Gasteiger partial charge in [0.2, 0.25) is 0 Å². The predicted molar refractivity (Wildman–Crippen MR) is 110 cm³/mol. The highest BCUT2D eigenvalue weighted by molar-refractivity contribution is 9.09. The van der Waals surface area contributed by atoms with Gasteiger partial charge in [0.05, 0.1) is 38.9 Å². The van der Waals surface area contributed by atoms with Crippen molar-refractivity contribution in [2.45, 2.75) is 20.8 Å². The number of carbonyl (C=O) groups excluding carboxylic acids is 3. The van der Waals surface area contributed by atoms with Gasteiger partial charge < -0.3 is 29.8 Å². The van der Waals surface area contributed by atoms with E-state index < -0.39 is 5.97 Å². The number of nitrogens with zero attached hydrogens (tertiary/aromatic N) is 2. The molecule has 3 N–H and O–H groups in total. The normalized spacial score (nSPS) is 9.96. The predicted octanol–water partition coefficient (Wildman–Crippen LogP) is 0.885. The van der Waals surface area contributed by atoms with Crippen LogP contribution in [-0.4, -0.2) is 73.2 Å². The van der Waals surface area contributed by atoms with Crippen LogP contribution in [0.2, 0.25) is 0 Å². The second-order valence-corrected chi connectivity index (χ2v) is 4.70. The third-order valence-corrected chi connectivity index (χ3v) is 2.64. The molecule has 28 heavy (non-hydrogen) atoms. The lowest BCUT2D eigenvalue weighted by molar-refractivity contribution is -0.142. The van der Waals surface area contributed by atoms with Gasteiger partial charge in [-0.2, -0.15) is 0 Å². The maximum Gasteiger partial charge on any atom is 0.356 e. The van der Waals surface area contributed by atoms with Crippen molar-refractivity contribution in [2.24, 2.45) is 12.8 Å². The number of aryl methyl sites for hydroxylation is 1. The van der Waals surface area contributed by atoms with Gasteiger partial charge in [-0.25, -0.2) is 9.78 Å². The molecule has 0 saturated carbocycles. The number of nitrogens with one attached hydrogen (secondary N) is 1. The molecule has 1 aromatic rings. The third kappa shape index (κ3) is 18.8. The standard InChI is InChI=1S/C7H10N2O2.C5H11NO2.C4H7BrO2.CH5N/c1-3-11-7(10)6-4-8-5-9(6)2;1-3-8-5(7)4-6-2;1-2-7-4(6)3-5;1-2/h4-5H,3H2,1-2H3;6H,3-4H2,1-2H3;2-3H2,1H3;2H2,1H3/i2*2D;;1D. The van der Waals surface area contributed by atoms with Crippen LogP contribution in [0.1, 0.15) is 35.4 Å². The van der Waals surface area contributed by atoms with Crippen LogP contribution < -0.4 is 11.1 Å². The Bertz CT molecular complexity index is 582. The van der Waals surface area contributed by atoms with E-state index in [0.29, 0.717) is 30.8 Å². The zero-order valence-corrected chi connectivity index (χ0v) is 18.2. The summed E-state index contributed by atoms with van der Waals surface area (Å²) in [6.07, 6.45) is 2.83. The zero-order valence-electron chi connectivity index (χ0n) is 19.6. The quantitative estimate of drug-likeness (QED) is 0.337. The van der Waals surface area contributed by atoms with Crippen LogP contribution in [0.3, 0.4) is 0 Å². The Balaban J connectivity index is -0.000000369. The lowest BCUT2D eigenvalue weighted by atomic mass is 10.5. The Kier molecular flexibility index (Phi) is 19.8. The highest BCUT2D eigenvalue weighted by Crippen LogP contribution is 1.98. The minimum Gasteiger partial charge on any atom is -0.465 e. The summed E-state index contributed by atoms with van der Waals surface area (Å²) in [4.78, 5) is 35.4. The number of nitrogens with two attached hydrogens (primary N) is 1. The molecule has 11 heteroatoms. The molecule has 0 aromatic carbocycles. The largest absolute Gasteiger partial charge is 0.465 e. The van der Waals surface area contributed by atoms with Gasteiger partial charge in [0, 0.05) is 11.1 Å². The first kappa shape index (κ1) is 24.1. The molecule has 0 atom stereocenters. The maximum absolute atomic E-state index is 11.1. The Morgan fingerprint density at radius 1 is 1.18 bits per heavy atom. The van der Waals surface area contributed by atoms with Gasteiger partial charge in [-0.1, -0.05) is 15.9 Å². The average Bonchev–Trinajstić information content (AvgIpc) is 3.23. The molecule has 0 saturated heterocycles. The number of likely N-dealkylation sites (N-methyl/N-ethyl adjacent to an activating group) is 1. The topological polar surface area (TPSA) is 135 Å². The summed E-state index contributed by atoms with van der Waals surface area (Å²) < 4.78 is 34.9. The second-order valence-electron chi connectivity index (χ2n) is 4.14. The first-order chi connectivity index (χ1) is 14.8. The number of alkyl halides is 1. The molecular formula is C17H33BrN4O6. The molecule has 1 aromatic heterocycles. The number of imidazole rings is 1. The number of halogens is 1. The fourth-order valence-electron chi connectivity index (χ4n) is 1.21. The molecule has 0 aliphatic carbocycles. The molecule has 0 aliphatic heterocycles. The molecule has 0 aliphatic rings. The summed E-state index contributed by atoms with van der Waals surface area (Å²) in [5, 5.41) is 2.82. The van der Waals surface area contributed by atoms with Gasteiger partial charge in [0.1, 0.15) is 11.0 Å². The summed E-state index contributed by atoms with van der Waals surface area (Å²) in [5.41, 5.74) is 4.84. The van der Waals surface area contributed by atoms with Crippen LogP contribution in [0.15, 0.2) is 12.5 Å². The summed E-state index contributed by atoms with van der Waals surface area (Å²) >= 11 is 2.94. The first-order valence-corrected chi connectivity index (χ1v) is 9.28. The van der Waals surface area contributed by atoms with E-state index in [0.717, 1.165) is 0 Å². The van der Waals surface area contributed by atoms with E-state index in [1.54, 1.807) is 20.8 Å². The summed E-state index contributed by atoms with van der Waals surface area (Å²) in [7, 11) is 0.0347. The Morgan fingerprint density at radius 2 is 1.75 bits per heavy atom. The van der Waals surface area contributed by atoms with Crippen molar-refractivity contribution < 1.29 is 32.7 Å². The van der Waals surface area contributed by atoms with Gasteiger partial charge in [-0.15, -0.1) is 0 Å². The van der Waals surface area contributed by atoms with Crippen LogP contribution in [0.5, 0.6) is 0 Å². The molecule has 0 radical (unpaired) electrons. The van der Waals surface area contributed by atoms with Crippen LogP contribution in [0.4, 0.5) is 0 Å². The van der Waals surface area contributed by atoms with Crippen molar-refractivity contribution >= 4 is 33.8 Å². The zero-order chi connectivity index (χ0) is 24.5. The van der Waals surface area contributed by atoms with E-state index in [-0.39, 0.29) is 39.6 Å². The van der Waals surface area contributed by atoms with Crippen LogP contribution in [0, 0.1) is 0 Å². The first-order valence-electron chi connectivity index (χ1n) is 10.3. The molecule has 0 amide bonds. The summed E-state index contributed by atoms with van der Waals surface area (Å²) in [6, 6.07) is 0. The molecule has 0 fully saturated rings. The van der Waals surface area contributed by atoms with E-state index in [1.807, 2.05) is 0 Å². The fourth-order valence-corrected chi connectivity index (χ4v) is 1.37. The lowest BCUT2D eigenvalue weighted by Crippen LogP contribution is -2.20. The number of esters is 3. The number of carbonyl (C=O) groups is 3. The molecule has 1 rings (SSSR count). The highest BCUT2D eigenvalue weighted by atomic mass is 79.9. The average molecular weight is 472 g/mol. The molecule has 164 valence electrons. The van der Waals surface area contributed by atoms with E-state index >= 15 is 0 Å². The van der Waals surface area contributed by atoms with Crippen LogP contribution in [0.25, 0.3) is 0 Å². The van der Waals surface area contributed by atoms with Crippen molar-refractivity contribution in [3.8, 4) is 0 Å². The smallest absolute Gasteiger partial charge is 0.356 e. The minimum absolute atomic E-state index is 0. The number of rotatable bonds is 7. The second kappa shape index (κ2) is 23.1. The van der Waals surface area contributed by atoms with Crippen molar-refractivity contribution in [2.75, 3.05) is 45.7 Å². The van der Waals surface area contributed by atoms with Gasteiger partial charge in [0.25, 0.3) is 0 Å².